The standard InChI is InChI=1S/C19H22N4O2S/c1-22(14-5-3-2-4-6-14)17(24)12-23-10-9-15-16(11-23)26-19(20-15)21-18(25)13-7-8-13/h2-6,13H,7-12H2,1H3,(H,20,21,25). The van der Waals surface area contributed by atoms with Crippen molar-refractivity contribution in [2.45, 2.75) is 25.8 Å². The molecular formula is C19H22N4O2S. The Hall–Kier alpha value is -2.25. The van der Waals surface area contributed by atoms with Crippen molar-refractivity contribution in [3.63, 3.8) is 0 Å². The smallest absolute Gasteiger partial charge is 0.240 e. The average Bonchev–Trinajstić information content (AvgIpc) is 3.43. The molecular weight excluding hydrogens is 348 g/mol. The number of hydrogen-bond donors (Lipinski definition) is 1. The summed E-state index contributed by atoms with van der Waals surface area (Å²) in [5.74, 6) is 0.345. The predicted molar refractivity (Wildman–Crippen MR) is 102 cm³/mol. The van der Waals surface area contributed by atoms with Crippen LogP contribution in [0, 0.1) is 5.92 Å². The second-order valence-electron chi connectivity index (χ2n) is 6.90. The first-order valence-electron chi connectivity index (χ1n) is 8.93. The van der Waals surface area contributed by atoms with Gasteiger partial charge >= 0.3 is 0 Å². The number of hydrogen-bond acceptors (Lipinski definition) is 5. The Kier molecular flexibility index (Phi) is 4.74. The van der Waals surface area contributed by atoms with Crippen molar-refractivity contribution in [3.05, 3.63) is 40.9 Å². The minimum atomic E-state index is 0.0754. The van der Waals surface area contributed by atoms with Crippen LogP contribution in [0.1, 0.15) is 23.4 Å². The summed E-state index contributed by atoms with van der Waals surface area (Å²) in [6.45, 7) is 1.90. The molecule has 2 aromatic rings. The number of carbonyl (C=O) groups is 2. The fourth-order valence-corrected chi connectivity index (χ4v) is 4.14. The number of fused-ring (bicyclic) bond motifs is 1. The zero-order chi connectivity index (χ0) is 18.1. The van der Waals surface area contributed by atoms with Crippen LogP contribution < -0.4 is 10.2 Å². The summed E-state index contributed by atoms with van der Waals surface area (Å²) in [5, 5.41) is 3.63. The monoisotopic (exact) mass is 370 g/mol. The van der Waals surface area contributed by atoms with Gasteiger partial charge in [-0.2, -0.15) is 0 Å². The average molecular weight is 370 g/mol. The van der Waals surface area contributed by atoms with Crippen molar-refractivity contribution in [1.82, 2.24) is 9.88 Å². The molecule has 2 heterocycles. The van der Waals surface area contributed by atoms with E-state index in [1.165, 1.54) is 11.3 Å². The van der Waals surface area contributed by atoms with Gasteiger partial charge in [-0.1, -0.05) is 18.2 Å². The van der Waals surface area contributed by atoms with E-state index in [4.69, 9.17) is 0 Å². The van der Waals surface area contributed by atoms with E-state index in [-0.39, 0.29) is 17.7 Å². The number of rotatable bonds is 5. The summed E-state index contributed by atoms with van der Waals surface area (Å²) in [5.41, 5.74) is 1.96. The summed E-state index contributed by atoms with van der Waals surface area (Å²) in [4.78, 5) is 34.0. The molecule has 26 heavy (non-hydrogen) atoms. The molecule has 2 aliphatic rings. The van der Waals surface area contributed by atoms with Gasteiger partial charge in [-0.05, 0) is 25.0 Å². The third kappa shape index (κ3) is 3.78. The van der Waals surface area contributed by atoms with Crippen molar-refractivity contribution in [1.29, 1.82) is 0 Å². The molecule has 1 aromatic carbocycles. The van der Waals surface area contributed by atoms with E-state index in [0.717, 1.165) is 42.1 Å². The molecule has 7 heteroatoms. The lowest BCUT2D eigenvalue weighted by Crippen LogP contribution is -2.40. The number of nitrogens with one attached hydrogen (secondary N) is 1. The highest BCUT2D eigenvalue weighted by molar-refractivity contribution is 7.15. The summed E-state index contributed by atoms with van der Waals surface area (Å²) in [6.07, 6.45) is 2.79. The topological polar surface area (TPSA) is 65.5 Å². The maximum atomic E-state index is 12.6. The molecule has 136 valence electrons. The Morgan fingerprint density at radius 2 is 2.08 bits per heavy atom. The maximum absolute atomic E-state index is 12.6. The number of anilines is 2. The number of carbonyl (C=O) groups excluding carboxylic acids is 2. The lowest BCUT2D eigenvalue weighted by molar-refractivity contribution is -0.119. The minimum absolute atomic E-state index is 0.0754. The van der Waals surface area contributed by atoms with E-state index in [0.29, 0.717) is 18.2 Å². The number of para-hydroxylation sites is 1. The molecule has 6 nitrogen and oxygen atoms in total. The minimum Gasteiger partial charge on any atom is -0.314 e. The first-order valence-corrected chi connectivity index (χ1v) is 9.75. The highest BCUT2D eigenvalue weighted by Crippen LogP contribution is 2.33. The number of amides is 2. The molecule has 1 saturated carbocycles. The van der Waals surface area contributed by atoms with Gasteiger partial charge in [0.15, 0.2) is 5.13 Å². The molecule has 0 atom stereocenters. The van der Waals surface area contributed by atoms with E-state index in [9.17, 15) is 9.59 Å². The quantitative estimate of drug-likeness (QED) is 0.878. The summed E-state index contributed by atoms with van der Waals surface area (Å²) in [6, 6.07) is 9.67. The Bertz CT molecular complexity index is 816. The van der Waals surface area contributed by atoms with Gasteiger partial charge in [-0.15, -0.1) is 11.3 Å². The first kappa shape index (κ1) is 17.2. The lowest BCUT2D eigenvalue weighted by atomic mass is 10.2. The van der Waals surface area contributed by atoms with E-state index in [1.54, 1.807) is 4.90 Å². The van der Waals surface area contributed by atoms with Crippen molar-refractivity contribution in [2.75, 3.05) is 30.4 Å². The fourth-order valence-electron chi connectivity index (χ4n) is 3.08. The molecule has 2 amide bonds. The summed E-state index contributed by atoms with van der Waals surface area (Å²) >= 11 is 1.53. The van der Waals surface area contributed by atoms with E-state index in [1.807, 2.05) is 37.4 Å². The molecule has 0 bridgehead atoms. The van der Waals surface area contributed by atoms with Crippen LogP contribution in [-0.4, -0.2) is 41.8 Å². The first-order chi connectivity index (χ1) is 12.6. The number of benzene rings is 1. The Balaban J connectivity index is 1.36. The van der Waals surface area contributed by atoms with Crippen LogP contribution in [0.2, 0.25) is 0 Å². The van der Waals surface area contributed by atoms with Crippen molar-refractivity contribution in [3.8, 4) is 0 Å². The van der Waals surface area contributed by atoms with Crippen LogP contribution >= 0.6 is 11.3 Å². The highest BCUT2D eigenvalue weighted by atomic mass is 32.1. The number of thiazole rings is 1. The van der Waals surface area contributed by atoms with Crippen molar-refractivity contribution in [2.24, 2.45) is 5.92 Å². The molecule has 0 saturated heterocycles. The van der Waals surface area contributed by atoms with Gasteiger partial charge in [0.05, 0.1) is 12.2 Å². The van der Waals surface area contributed by atoms with E-state index in [2.05, 4.69) is 15.2 Å². The molecule has 4 rings (SSSR count). The van der Waals surface area contributed by atoms with Crippen molar-refractivity contribution >= 4 is 34.0 Å². The van der Waals surface area contributed by atoms with Crippen molar-refractivity contribution < 1.29 is 9.59 Å². The van der Waals surface area contributed by atoms with Gasteiger partial charge < -0.3 is 10.2 Å². The van der Waals surface area contributed by atoms with Gasteiger partial charge in [0.2, 0.25) is 11.8 Å². The highest BCUT2D eigenvalue weighted by Gasteiger charge is 2.31. The third-order valence-electron chi connectivity index (χ3n) is 4.87. The maximum Gasteiger partial charge on any atom is 0.240 e. The Morgan fingerprint density at radius 1 is 1.31 bits per heavy atom. The molecule has 1 aromatic heterocycles. The molecule has 0 unspecified atom stereocenters. The van der Waals surface area contributed by atoms with Crippen LogP contribution in [0.5, 0.6) is 0 Å². The molecule has 1 N–H and O–H groups in total. The van der Waals surface area contributed by atoms with Gasteiger partial charge in [0.25, 0.3) is 0 Å². The summed E-state index contributed by atoms with van der Waals surface area (Å²) in [7, 11) is 1.81. The molecule has 1 fully saturated rings. The van der Waals surface area contributed by atoms with Crippen LogP contribution in [0.25, 0.3) is 0 Å². The van der Waals surface area contributed by atoms with Crippen LogP contribution in [0.15, 0.2) is 30.3 Å². The molecule has 0 spiro atoms. The van der Waals surface area contributed by atoms with E-state index >= 15 is 0 Å². The second kappa shape index (κ2) is 7.17. The Morgan fingerprint density at radius 3 is 2.81 bits per heavy atom. The van der Waals surface area contributed by atoms with Crippen LogP contribution in [-0.2, 0) is 22.6 Å². The second-order valence-corrected chi connectivity index (χ2v) is 7.98. The van der Waals surface area contributed by atoms with Gasteiger partial charge in [-0.3, -0.25) is 14.5 Å². The largest absolute Gasteiger partial charge is 0.314 e. The van der Waals surface area contributed by atoms with E-state index < -0.39 is 0 Å². The SMILES string of the molecule is CN(C(=O)CN1CCc2nc(NC(=O)C3CC3)sc2C1)c1ccccc1. The third-order valence-corrected chi connectivity index (χ3v) is 5.86. The zero-order valence-corrected chi connectivity index (χ0v) is 15.6. The van der Waals surface area contributed by atoms with Gasteiger partial charge in [0, 0.05) is 43.0 Å². The number of likely N-dealkylation sites (N-methyl/N-ethyl adjacent to an activating group) is 1. The lowest BCUT2D eigenvalue weighted by Gasteiger charge is -2.27. The molecule has 1 aliphatic heterocycles. The van der Waals surface area contributed by atoms with Gasteiger partial charge in [0.1, 0.15) is 0 Å². The zero-order valence-electron chi connectivity index (χ0n) is 14.8. The molecule has 0 radical (unpaired) electrons. The van der Waals surface area contributed by atoms with Gasteiger partial charge in [-0.25, -0.2) is 4.98 Å². The number of aromatic nitrogens is 1. The summed E-state index contributed by atoms with van der Waals surface area (Å²) < 4.78 is 0. The predicted octanol–water partition coefficient (Wildman–Crippen LogP) is 2.51. The Labute approximate surface area is 156 Å². The molecule has 1 aliphatic carbocycles. The van der Waals surface area contributed by atoms with Crippen LogP contribution in [0.4, 0.5) is 10.8 Å². The normalized spacial score (nSPS) is 16.8. The number of nitrogens with zero attached hydrogens (tertiary/aromatic N) is 3. The van der Waals surface area contributed by atoms with Crippen LogP contribution in [0.3, 0.4) is 0 Å². The fraction of sp³-hybridized carbons (Fsp3) is 0.421.